The molecule has 0 fully saturated rings. The van der Waals surface area contributed by atoms with Crippen LogP contribution in [0.4, 0.5) is 0 Å². The zero-order valence-electron chi connectivity index (χ0n) is 19.4. The Balaban J connectivity index is 0.00000306. The van der Waals surface area contributed by atoms with E-state index in [-0.39, 0.29) is 24.4 Å². The largest absolute Gasteiger partial charge is 0.345 e. The minimum absolute atomic E-state index is 0. The van der Waals surface area contributed by atoms with Crippen LogP contribution in [-0.2, 0) is 0 Å². The number of hydrogen-bond acceptors (Lipinski definition) is 2. The maximum atomic E-state index is 13.2. The lowest BCUT2D eigenvalue weighted by atomic mass is 9.98. The molecule has 4 aromatic carbocycles. The number of nitrogens with one attached hydrogen (secondary N) is 1. The van der Waals surface area contributed by atoms with Gasteiger partial charge in [-0.3, -0.25) is 4.79 Å². The SMILES string of the molecule is Cc1ccc(C(CCN(C)C)NC(=O)c2cccc(-c3ccc4ccccc4c3)c2)cc1.Cl. The van der Waals surface area contributed by atoms with Crippen molar-refractivity contribution in [1.29, 1.82) is 0 Å². The number of nitrogens with zero attached hydrogens (tertiary/aromatic N) is 1. The highest BCUT2D eigenvalue weighted by Gasteiger charge is 2.16. The lowest BCUT2D eigenvalue weighted by Gasteiger charge is -2.22. The Kier molecular flexibility index (Phi) is 8.26. The number of rotatable bonds is 7. The highest BCUT2D eigenvalue weighted by molar-refractivity contribution is 5.96. The number of carbonyl (C=O) groups excluding carboxylic acids is 1. The quantitative estimate of drug-likeness (QED) is 0.336. The van der Waals surface area contributed by atoms with Gasteiger partial charge in [0.05, 0.1) is 6.04 Å². The van der Waals surface area contributed by atoms with Crippen LogP contribution in [0.15, 0.2) is 91.0 Å². The first-order chi connectivity index (χ1) is 15.5. The van der Waals surface area contributed by atoms with Crippen molar-refractivity contribution < 1.29 is 4.79 Å². The molecule has 1 unspecified atom stereocenters. The van der Waals surface area contributed by atoms with E-state index in [1.165, 1.54) is 16.3 Å². The number of hydrogen-bond donors (Lipinski definition) is 1. The number of carbonyl (C=O) groups is 1. The first-order valence-electron chi connectivity index (χ1n) is 11.1. The van der Waals surface area contributed by atoms with Gasteiger partial charge in [0.15, 0.2) is 0 Å². The van der Waals surface area contributed by atoms with Crippen molar-refractivity contribution in [1.82, 2.24) is 10.2 Å². The molecule has 4 rings (SSSR count). The summed E-state index contributed by atoms with van der Waals surface area (Å²) >= 11 is 0. The molecule has 1 amide bonds. The molecule has 0 aromatic heterocycles. The molecule has 0 heterocycles. The Labute approximate surface area is 202 Å². The molecule has 4 aromatic rings. The van der Waals surface area contributed by atoms with E-state index in [4.69, 9.17) is 0 Å². The van der Waals surface area contributed by atoms with Gasteiger partial charge >= 0.3 is 0 Å². The van der Waals surface area contributed by atoms with Gasteiger partial charge < -0.3 is 10.2 Å². The van der Waals surface area contributed by atoms with Crippen LogP contribution in [0.3, 0.4) is 0 Å². The van der Waals surface area contributed by atoms with Crippen LogP contribution in [0.2, 0.25) is 0 Å². The highest BCUT2D eigenvalue weighted by Crippen LogP contribution is 2.26. The Hall–Kier alpha value is -3.14. The second-order valence-corrected chi connectivity index (χ2v) is 8.67. The van der Waals surface area contributed by atoms with Gasteiger partial charge in [-0.1, -0.05) is 78.4 Å². The maximum Gasteiger partial charge on any atom is 0.251 e. The van der Waals surface area contributed by atoms with Crippen LogP contribution in [0.1, 0.15) is 33.9 Å². The summed E-state index contributed by atoms with van der Waals surface area (Å²) in [5, 5.41) is 5.68. The third kappa shape index (κ3) is 6.22. The zero-order valence-corrected chi connectivity index (χ0v) is 20.2. The molecule has 33 heavy (non-hydrogen) atoms. The lowest BCUT2D eigenvalue weighted by Crippen LogP contribution is -2.31. The second kappa shape index (κ2) is 11.1. The number of halogens is 1. The van der Waals surface area contributed by atoms with Gasteiger partial charge in [-0.2, -0.15) is 0 Å². The van der Waals surface area contributed by atoms with Gasteiger partial charge in [0.25, 0.3) is 5.91 Å². The predicted molar refractivity (Wildman–Crippen MR) is 141 cm³/mol. The third-order valence-corrected chi connectivity index (χ3v) is 5.86. The molecular formula is C29H31ClN2O. The van der Waals surface area contributed by atoms with E-state index in [0.717, 1.165) is 29.7 Å². The smallest absolute Gasteiger partial charge is 0.251 e. The van der Waals surface area contributed by atoms with Crippen LogP contribution in [-0.4, -0.2) is 31.4 Å². The molecule has 0 spiro atoms. The fraction of sp³-hybridized carbons (Fsp3) is 0.207. The van der Waals surface area contributed by atoms with Crippen molar-refractivity contribution in [3.05, 3.63) is 108 Å². The van der Waals surface area contributed by atoms with Crippen LogP contribution in [0.5, 0.6) is 0 Å². The summed E-state index contributed by atoms with van der Waals surface area (Å²) in [5.41, 5.74) is 5.19. The number of aryl methyl sites for hydroxylation is 1. The van der Waals surface area contributed by atoms with Crippen LogP contribution in [0.25, 0.3) is 21.9 Å². The van der Waals surface area contributed by atoms with E-state index < -0.39 is 0 Å². The minimum atomic E-state index is -0.0445. The van der Waals surface area contributed by atoms with Crippen LogP contribution >= 0.6 is 12.4 Å². The molecule has 0 bridgehead atoms. The fourth-order valence-electron chi connectivity index (χ4n) is 3.96. The maximum absolute atomic E-state index is 13.2. The van der Waals surface area contributed by atoms with Gasteiger partial charge in [0.1, 0.15) is 0 Å². The summed E-state index contributed by atoms with van der Waals surface area (Å²) in [4.78, 5) is 15.4. The molecule has 1 N–H and O–H groups in total. The molecule has 0 aliphatic carbocycles. The molecule has 0 saturated carbocycles. The van der Waals surface area contributed by atoms with E-state index in [1.807, 2.05) is 24.3 Å². The first-order valence-corrected chi connectivity index (χ1v) is 11.1. The zero-order chi connectivity index (χ0) is 22.5. The summed E-state index contributed by atoms with van der Waals surface area (Å²) in [6, 6.07) is 31.0. The van der Waals surface area contributed by atoms with Crippen molar-refractivity contribution >= 4 is 29.1 Å². The molecule has 170 valence electrons. The van der Waals surface area contributed by atoms with Crippen LogP contribution in [0, 0.1) is 6.92 Å². The summed E-state index contributed by atoms with van der Waals surface area (Å²) < 4.78 is 0. The summed E-state index contributed by atoms with van der Waals surface area (Å²) in [7, 11) is 4.11. The van der Waals surface area contributed by atoms with Gasteiger partial charge in [0, 0.05) is 5.56 Å². The summed E-state index contributed by atoms with van der Waals surface area (Å²) in [6.07, 6.45) is 0.853. The van der Waals surface area contributed by atoms with Gasteiger partial charge in [0.2, 0.25) is 0 Å². The minimum Gasteiger partial charge on any atom is -0.345 e. The van der Waals surface area contributed by atoms with E-state index >= 15 is 0 Å². The first kappa shape index (κ1) is 24.5. The van der Waals surface area contributed by atoms with Crippen molar-refractivity contribution in [3.8, 4) is 11.1 Å². The third-order valence-electron chi connectivity index (χ3n) is 5.86. The molecule has 0 radical (unpaired) electrons. The van der Waals surface area contributed by atoms with Crippen molar-refractivity contribution in [3.63, 3.8) is 0 Å². The van der Waals surface area contributed by atoms with Gasteiger partial charge in [-0.05, 0) is 79.6 Å². The average Bonchev–Trinajstić information content (AvgIpc) is 2.82. The summed E-state index contributed by atoms with van der Waals surface area (Å²) in [5.74, 6) is -0.0445. The molecule has 4 heteroatoms. The standard InChI is InChI=1S/C29H30N2O.ClH/c1-21-11-13-23(14-12-21)28(17-18-31(2)3)30-29(32)27-10-6-9-25(20-27)26-16-15-22-7-4-5-8-24(22)19-26;/h4-16,19-20,28H,17-18H2,1-3H3,(H,30,32);1H. The second-order valence-electron chi connectivity index (χ2n) is 8.67. The van der Waals surface area contributed by atoms with Gasteiger partial charge in [-0.25, -0.2) is 0 Å². The Bertz CT molecular complexity index is 1220. The average molecular weight is 459 g/mol. The number of amides is 1. The molecule has 3 nitrogen and oxygen atoms in total. The van der Waals surface area contributed by atoms with E-state index in [1.54, 1.807) is 0 Å². The van der Waals surface area contributed by atoms with Crippen LogP contribution < -0.4 is 5.32 Å². The summed E-state index contributed by atoms with van der Waals surface area (Å²) in [6.45, 7) is 2.98. The Morgan fingerprint density at radius 1 is 0.818 bits per heavy atom. The molecular weight excluding hydrogens is 428 g/mol. The van der Waals surface area contributed by atoms with Gasteiger partial charge in [-0.15, -0.1) is 12.4 Å². The molecule has 0 aliphatic rings. The topological polar surface area (TPSA) is 32.3 Å². The van der Waals surface area contributed by atoms with Crippen molar-refractivity contribution in [2.75, 3.05) is 20.6 Å². The lowest BCUT2D eigenvalue weighted by molar-refractivity contribution is 0.0932. The van der Waals surface area contributed by atoms with E-state index in [2.05, 4.69) is 98.0 Å². The molecule has 0 saturated heterocycles. The van der Waals surface area contributed by atoms with E-state index in [0.29, 0.717) is 5.56 Å². The van der Waals surface area contributed by atoms with Crippen molar-refractivity contribution in [2.45, 2.75) is 19.4 Å². The Morgan fingerprint density at radius 2 is 1.52 bits per heavy atom. The molecule has 1 atom stereocenters. The Morgan fingerprint density at radius 3 is 2.24 bits per heavy atom. The fourth-order valence-corrected chi connectivity index (χ4v) is 3.96. The van der Waals surface area contributed by atoms with E-state index in [9.17, 15) is 4.79 Å². The highest BCUT2D eigenvalue weighted by atomic mass is 35.5. The normalized spacial score (nSPS) is 11.8. The van der Waals surface area contributed by atoms with Crippen molar-refractivity contribution in [2.24, 2.45) is 0 Å². The number of benzene rings is 4. The molecule has 0 aliphatic heterocycles. The monoisotopic (exact) mass is 458 g/mol. The number of fused-ring (bicyclic) bond motifs is 1. The predicted octanol–water partition coefficient (Wildman–Crippen LogP) is 6.66.